The topological polar surface area (TPSA) is 59.6 Å². The first-order valence-corrected chi connectivity index (χ1v) is 7.48. The van der Waals surface area contributed by atoms with Gasteiger partial charge in [0.2, 0.25) is 0 Å². The number of carbonyl (C=O) groups excluding carboxylic acids is 1. The van der Waals surface area contributed by atoms with Crippen LogP contribution in [-0.4, -0.2) is 38.8 Å². The molecule has 2 unspecified atom stereocenters. The molecule has 1 aliphatic rings. The van der Waals surface area contributed by atoms with Gasteiger partial charge in [-0.2, -0.15) is 0 Å². The zero-order valence-corrected chi connectivity index (χ0v) is 12.9. The third-order valence-corrected chi connectivity index (χ3v) is 3.87. The summed E-state index contributed by atoms with van der Waals surface area (Å²) in [5.74, 6) is 1.65. The fraction of sp³-hybridized carbons (Fsp3) is 0.562. The minimum Gasteiger partial charge on any atom is -0.493 e. The summed E-state index contributed by atoms with van der Waals surface area (Å²) in [5.41, 5.74) is 0.591. The molecule has 0 aliphatic carbocycles. The van der Waals surface area contributed by atoms with Crippen molar-refractivity contribution in [2.24, 2.45) is 5.92 Å². The summed E-state index contributed by atoms with van der Waals surface area (Å²) >= 11 is 0. The molecule has 1 fully saturated rings. The number of carbonyl (C=O) groups is 1. The summed E-state index contributed by atoms with van der Waals surface area (Å²) < 4.78 is 10.7. The van der Waals surface area contributed by atoms with Crippen LogP contribution < -0.4 is 20.1 Å². The Labute approximate surface area is 126 Å². The zero-order valence-electron chi connectivity index (χ0n) is 12.9. The maximum absolute atomic E-state index is 12.4. The Kier molecular flexibility index (Phi) is 5.44. The van der Waals surface area contributed by atoms with Gasteiger partial charge in [0, 0.05) is 18.2 Å². The van der Waals surface area contributed by atoms with Crippen LogP contribution in [0.3, 0.4) is 0 Å². The zero-order chi connectivity index (χ0) is 15.2. The Morgan fingerprint density at radius 3 is 2.90 bits per heavy atom. The van der Waals surface area contributed by atoms with Crippen LogP contribution in [0.15, 0.2) is 18.2 Å². The molecule has 1 amide bonds. The second-order valence-electron chi connectivity index (χ2n) is 5.35. The number of nitrogens with one attached hydrogen (secondary N) is 2. The fourth-order valence-corrected chi connectivity index (χ4v) is 2.52. The number of hydrogen-bond acceptors (Lipinski definition) is 4. The average molecular weight is 292 g/mol. The van der Waals surface area contributed by atoms with Crippen molar-refractivity contribution < 1.29 is 14.3 Å². The maximum atomic E-state index is 12.4. The van der Waals surface area contributed by atoms with Gasteiger partial charge in [-0.3, -0.25) is 4.79 Å². The molecule has 5 nitrogen and oxygen atoms in total. The molecule has 116 valence electrons. The fourth-order valence-electron chi connectivity index (χ4n) is 2.52. The molecule has 21 heavy (non-hydrogen) atoms. The van der Waals surface area contributed by atoms with Gasteiger partial charge in [0.25, 0.3) is 5.91 Å². The van der Waals surface area contributed by atoms with Crippen molar-refractivity contribution in [2.75, 3.05) is 26.8 Å². The van der Waals surface area contributed by atoms with Crippen LogP contribution in [0.2, 0.25) is 0 Å². The van der Waals surface area contributed by atoms with Gasteiger partial charge in [0.1, 0.15) is 0 Å². The molecule has 1 aliphatic heterocycles. The number of ether oxygens (including phenoxy) is 2. The van der Waals surface area contributed by atoms with Gasteiger partial charge in [-0.15, -0.1) is 0 Å². The first-order valence-electron chi connectivity index (χ1n) is 7.48. The summed E-state index contributed by atoms with van der Waals surface area (Å²) in [6.07, 6.45) is 1.08. The van der Waals surface area contributed by atoms with E-state index in [1.165, 1.54) is 0 Å². The summed E-state index contributed by atoms with van der Waals surface area (Å²) in [5, 5.41) is 6.40. The third kappa shape index (κ3) is 3.88. The summed E-state index contributed by atoms with van der Waals surface area (Å²) in [7, 11) is 1.58. The predicted molar refractivity (Wildman–Crippen MR) is 82.1 cm³/mol. The highest BCUT2D eigenvalue weighted by atomic mass is 16.5. The van der Waals surface area contributed by atoms with E-state index < -0.39 is 0 Å². The van der Waals surface area contributed by atoms with E-state index in [0.717, 1.165) is 19.5 Å². The lowest BCUT2D eigenvalue weighted by Crippen LogP contribution is -2.50. The standard InChI is InChI=1S/C16H24N2O3/c1-4-21-14-6-5-12(9-15(14)20-3)16(19)18-13-10-17-8-7-11(13)2/h5-6,9,11,13,17H,4,7-8,10H2,1-3H3,(H,18,19). The maximum Gasteiger partial charge on any atom is 0.251 e. The van der Waals surface area contributed by atoms with Crippen molar-refractivity contribution in [3.8, 4) is 11.5 Å². The third-order valence-electron chi connectivity index (χ3n) is 3.87. The summed E-state index contributed by atoms with van der Waals surface area (Å²) in [6.45, 7) is 6.49. The molecule has 2 rings (SSSR count). The van der Waals surface area contributed by atoms with Crippen LogP contribution in [-0.2, 0) is 0 Å². The number of benzene rings is 1. The number of piperidine rings is 1. The Morgan fingerprint density at radius 1 is 1.43 bits per heavy atom. The molecular weight excluding hydrogens is 268 g/mol. The molecule has 1 aromatic carbocycles. The normalized spacial score (nSPS) is 21.7. The summed E-state index contributed by atoms with van der Waals surface area (Å²) in [6, 6.07) is 5.44. The Bertz CT molecular complexity index is 490. The highest BCUT2D eigenvalue weighted by Gasteiger charge is 2.23. The van der Waals surface area contributed by atoms with Crippen molar-refractivity contribution in [3.63, 3.8) is 0 Å². The highest BCUT2D eigenvalue weighted by molar-refractivity contribution is 5.95. The van der Waals surface area contributed by atoms with Crippen LogP contribution in [0.1, 0.15) is 30.6 Å². The van der Waals surface area contributed by atoms with Crippen molar-refractivity contribution in [1.29, 1.82) is 0 Å². The van der Waals surface area contributed by atoms with Crippen LogP contribution >= 0.6 is 0 Å². The second kappa shape index (κ2) is 7.31. The molecule has 0 bridgehead atoms. The lowest BCUT2D eigenvalue weighted by atomic mass is 9.94. The van der Waals surface area contributed by atoms with E-state index in [-0.39, 0.29) is 11.9 Å². The van der Waals surface area contributed by atoms with Crippen LogP contribution in [0, 0.1) is 5.92 Å². The number of hydrogen-bond donors (Lipinski definition) is 2. The van der Waals surface area contributed by atoms with Crippen molar-refractivity contribution in [3.05, 3.63) is 23.8 Å². The Morgan fingerprint density at radius 2 is 2.24 bits per heavy atom. The average Bonchev–Trinajstić information content (AvgIpc) is 2.50. The summed E-state index contributed by atoms with van der Waals surface area (Å²) in [4.78, 5) is 12.4. The van der Waals surface area contributed by atoms with E-state index in [9.17, 15) is 4.79 Å². The molecule has 1 heterocycles. The van der Waals surface area contributed by atoms with E-state index in [1.807, 2.05) is 6.92 Å². The Hall–Kier alpha value is -1.75. The van der Waals surface area contributed by atoms with Crippen LogP contribution in [0.5, 0.6) is 11.5 Å². The van der Waals surface area contributed by atoms with Gasteiger partial charge >= 0.3 is 0 Å². The minimum atomic E-state index is -0.0723. The molecule has 0 radical (unpaired) electrons. The molecule has 5 heteroatoms. The quantitative estimate of drug-likeness (QED) is 0.869. The minimum absolute atomic E-state index is 0.0723. The van der Waals surface area contributed by atoms with Gasteiger partial charge < -0.3 is 20.1 Å². The Balaban J connectivity index is 2.08. The first kappa shape index (κ1) is 15.6. The smallest absolute Gasteiger partial charge is 0.251 e. The van der Waals surface area contributed by atoms with E-state index in [1.54, 1.807) is 25.3 Å². The van der Waals surface area contributed by atoms with Gasteiger partial charge in [-0.05, 0) is 44.0 Å². The van der Waals surface area contributed by atoms with Crippen molar-refractivity contribution >= 4 is 5.91 Å². The largest absolute Gasteiger partial charge is 0.493 e. The first-order chi connectivity index (χ1) is 10.2. The van der Waals surface area contributed by atoms with E-state index >= 15 is 0 Å². The molecule has 1 aromatic rings. The number of amides is 1. The predicted octanol–water partition coefficient (Wildman–Crippen LogP) is 1.82. The molecular formula is C16H24N2O3. The van der Waals surface area contributed by atoms with Crippen LogP contribution in [0.25, 0.3) is 0 Å². The molecule has 0 spiro atoms. The van der Waals surface area contributed by atoms with Gasteiger partial charge in [-0.1, -0.05) is 6.92 Å². The van der Waals surface area contributed by atoms with Gasteiger partial charge in [0.05, 0.1) is 13.7 Å². The van der Waals surface area contributed by atoms with Crippen molar-refractivity contribution in [2.45, 2.75) is 26.3 Å². The number of methoxy groups -OCH3 is 1. The molecule has 0 aromatic heterocycles. The SMILES string of the molecule is CCOc1ccc(C(=O)NC2CNCCC2C)cc1OC. The van der Waals surface area contributed by atoms with Crippen molar-refractivity contribution in [1.82, 2.24) is 10.6 Å². The van der Waals surface area contributed by atoms with E-state index in [4.69, 9.17) is 9.47 Å². The molecule has 0 saturated carbocycles. The van der Waals surface area contributed by atoms with Gasteiger partial charge in [0.15, 0.2) is 11.5 Å². The number of rotatable bonds is 5. The molecule has 2 atom stereocenters. The molecule has 1 saturated heterocycles. The second-order valence-corrected chi connectivity index (χ2v) is 5.35. The van der Waals surface area contributed by atoms with E-state index in [2.05, 4.69) is 17.6 Å². The van der Waals surface area contributed by atoms with E-state index in [0.29, 0.717) is 29.6 Å². The highest BCUT2D eigenvalue weighted by Crippen LogP contribution is 2.28. The molecule has 2 N–H and O–H groups in total. The van der Waals surface area contributed by atoms with Gasteiger partial charge in [-0.25, -0.2) is 0 Å². The lowest BCUT2D eigenvalue weighted by molar-refractivity contribution is 0.0915. The monoisotopic (exact) mass is 292 g/mol. The lowest BCUT2D eigenvalue weighted by Gasteiger charge is -2.30. The van der Waals surface area contributed by atoms with Crippen LogP contribution in [0.4, 0.5) is 0 Å².